The summed E-state index contributed by atoms with van der Waals surface area (Å²) in [5.41, 5.74) is 3.56. The van der Waals surface area contributed by atoms with Gasteiger partial charge in [0, 0.05) is 4.88 Å². The summed E-state index contributed by atoms with van der Waals surface area (Å²) in [6.45, 7) is 2.17. The molecule has 0 spiro atoms. The van der Waals surface area contributed by atoms with Crippen molar-refractivity contribution in [3.63, 3.8) is 0 Å². The predicted molar refractivity (Wildman–Crippen MR) is 129 cm³/mol. The van der Waals surface area contributed by atoms with E-state index < -0.39 is 5.97 Å². The van der Waals surface area contributed by atoms with Crippen LogP contribution in [0.4, 0.5) is 0 Å². The van der Waals surface area contributed by atoms with Gasteiger partial charge in [-0.25, -0.2) is 4.79 Å². The van der Waals surface area contributed by atoms with Crippen LogP contribution in [0.25, 0.3) is 11.6 Å². The molecule has 1 aromatic carbocycles. The van der Waals surface area contributed by atoms with Gasteiger partial charge in [0.1, 0.15) is 4.88 Å². The summed E-state index contributed by atoms with van der Waals surface area (Å²) in [6, 6.07) is 11.9. The summed E-state index contributed by atoms with van der Waals surface area (Å²) < 4.78 is 1.27. The lowest BCUT2D eigenvalue weighted by atomic mass is 9.91. The molecule has 3 nitrogen and oxygen atoms in total. The van der Waals surface area contributed by atoms with Crippen LogP contribution in [0.1, 0.15) is 83.6 Å². The molecule has 0 amide bonds. The normalized spacial score (nSPS) is 17.8. The molecule has 1 aliphatic carbocycles. The lowest BCUT2D eigenvalue weighted by molar-refractivity contribution is 0.0702. The molecule has 0 aliphatic heterocycles. The van der Waals surface area contributed by atoms with Gasteiger partial charge in [0.2, 0.25) is 0 Å². The lowest BCUT2D eigenvalue weighted by Crippen LogP contribution is -2.00. The van der Waals surface area contributed by atoms with Crippen LogP contribution in [0.15, 0.2) is 47.0 Å². The second-order valence-corrected chi connectivity index (χ2v) is 9.91. The van der Waals surface area contributed by atoms with E-state index in [1.165, 1.54) is 27.0 Å². The molecule has 3 rings (SSSR count). The van der Waals surface area contributed by atoms with Gasteiger partial charge in [0.05, 0.1) is 6.10 Å². The molecule has 1 aliphatic rings. The third-order valence-electron chi connectivity index (χ3n) is 5.64. The Kier molecular flexibility index (Phi) is 8.49. The van der Waals surface area contributed by atoms with Gasteiger partial charge in [-0.1, -0.05) is 72.5 Å². The number of aromatic carboxylic acids is 1. The number of thiophene rings is 1. The van der Waals surface area contributed by atoms with Crippen molar-refractivity contribution in [3.8, 4) is 0 Å². The molecule has 1 unspecified atom stereocenters. The van der Waals surface area contributed by atoms with Crippen molar-refractivity contribution < 1.29 is 15.0 Å². The van der Waals surface area contributed by atoms with Gasteiger partial charge >= 0.3 is 5.97 Å². The Balaban J connectivity index is 1.64. The van der Waals surface area contributed by atoms with E-state index in [4.69, 9.17) is 5.11 Å². The molecule has 2 atom stereocenters. The second-order valence-electron chi connectivity index (χ2n) is 7.83. The van der Waals surface area contributed by atoms with Gasteiger partial charge in [0.25, 0.3) is 0 Å². The van der Waals surface area contributed by atoms with Crippen LogP contribution in [0, 0.1) is 5.92 Å². The fourth-order valence-electron chi connectivity index (χ4n) is 3.97. The van der Waals surface area contributed by atoms with Crippen molar-refractivity contribution >= 4 is 44.9 Å². The van der Waals surface area contributed by atoms with Crippen LogP contribution in [0.5, 0.6) is 0 Å². The van der Waals surface area contributed by atoms with Gasteiger partial charge in [0.15, 0.2) is 0 Å². The summed E-state index contributed by atoms with van der Waals surface area (Å²) in [5.74, 6) is -0.432. The molecule has 0 saturated carbocycles. The largest absolute Gasteiger partial charge is 0.477 e. The highest BCUT2D eigenvalue weighted by Crippen LogP contribution is 2.44. The van der Waals surface area contributed by atoms with Gasteiger partial charge in [-0.05, 0) is 71.0 Å². The van der Waals surface area contributed by atoms with Gasteiger partial charge in [-0.15, -0.1) is 11.3 Å². The topological polar surface area (TPSA) is 57.5 Å². The number of carbonyl (C=O) groups is 1. The van der Waals surface area contributed by atoms with Crippen molar-refractivity contribution in [3.05, 3.63) is 67.8 Å². The minimum atomic E-state index is -0.872. The van der Waals surface area contributed by atoms with E-state index in [2.05, 4.69) is 53.2 Å². The summed E-state index contributed by atoms with van der Waals surface area (Å²) >= 11 is 5.07. The number of unbranched alkanes of at least 4 members (excludes halogenated alkanes) is 2. The molecule has 0 fully saturated rings. The molecule has 0 saturated heterocycles. The first kappa shape index (κ1) is 23.0. The quantitative estimate of drug-likeness (QED) is 0.337. The Morgan fingerprint density at radius 3 is 2.67 bits per heavy atom. The fraction of sp³-hybridized carbons (Fsp3) is 0.400. The molecule has 160 valence electrons. The number of benzene rings is 1. The number of aliphatic hydroxyl groups excluding tert-OH is 1. The van der Waals surface area contributed by atoms with E-state index in [0.29, 0.717) is 10.8 Å². The summed E-state index contributed by atoms with van der Waals surface area (Å²) in [7, 11) is 0. The fourth-order valence-corrected chi connectivity index (χ4v) is 5.53. The van der Waals surface area contributed by atoms with E-state index in [0.717, 1.165) is 55.4 Å². The highest BCUT2D eigenvalue weighted by Gasteiger charge is 2.24. The first-order valence-electron chi connectivity index (χ1n) is 10.7. The lowest BCUT2D eigenvalue weighted by Gasteiger charge is -2.16. The molecular weight excluding hydrogens is 460 g/mol. The number of allylic oxidation sites excluding steroid dienone is 3. The number of carboxylic acids is 1. The van der Waals surface area contributed by atoms with Crippen molar-refractivity contribution in [1.29, 1.82) is 0 Å². The zero-order valence-electron chi connectivity index (χ0n) is 17.3. The molecule has 1 heterocycles. The predicted octanol–water partition coefficient (Wildman–Crippen LogP) is 7.68. The first-order chi connectivity index (χ1) is 14.5. The van der Waals surface area contributed by atoms with Crippen LogP contribution >= 0.6 is 27.3 Å². The zero-order chi connectivity index (χ0) is 21.5. The molecule has 2 aromatic rings. The number of aliphatic hydroxyl groups is 1. The highest BCUT2D eigenvalue weighted by molar-refractivity contribution is 9.11. The maximum atomic E-state index is 11.0. The Morgan fingerprint density at radius 2 is 2.00 bits per heavy atom. The SMILES string of the molecule is CCCCCC(O)c1ccc(C2=C(Br)CC[C@@H]2CC=Cc2ccc(C(=O)O)s2)cc1. The van der Waals surface area contributed by atoms with Gasteiger partial charge in [-0.2, -0.15) is 0 Å². The molecule has 0 bridgehead atoms. The monoisotopic (exact) mass is 488 g/mol. The molecule has 2 N–H and O–H groups in total. The van der Waals surface area contributed by atoms with E-state index in [9.17, 15) is 9.90 Å². The number of halogens is 1. The number of carboxylic acid groups (broad SMARTS) is 1. The van der Waals surface area contributed by atoms with Crippen LogP contribution < -0.4 is 0 Å². The second kappa shape index (κ2) is 11.1. The summed E-state index contributed by atoms with van der Waals surface area (Å²) in [4.78, 5) is 12.4. The van der Waals surface area contributed by atoms with Crippen LogP contribution in [0.2, 0.25) is 0 Å². The van der Waals surface area contributed by atoms with Crippen LogP contribution in [0.3, 0.4) is 0 Å². The average molecular weight is 489 g/mol. The van der Waals surface area contributed by atoms with E-state index in [-0.39, 0.29) is 6.10 Å². The molecule has 1 aromatic heterocycles. The summed E-state index contributed by atoms with van der Waals surface area (Å²) in [5, 5.41) is 19.5. The Hall–Kier alpha value is -1.69. The maximum Gasteiger partial charge on any atom is 0.345 e. The Morgan fingerprint density at radius 1 is 1.23 bits per heavy atom. The minimum Gasteiger partial charge on any atom is -0.477 e. The third kappa shape index (κ3) is 5.93. The molecule has 5 heteroatoms. The Bertz CT molecular complexity index is 911. The number of hydrogen-bond acceptors (Lipinski definition) is 3. The van der Waals surface area contributed by atoms with Gasteiger partial charge < -0.3 is 10.2 Å². The first-order valence-corrected chi connectivity index (χ1v) is 12.3. The van der Waals surface area contributed by atoms with Crippen molar-refractivity contribution in [1.82, 2.24) is 0 Å². The van der Waals surface area contributed by atoms with Crippen LogP contribution in [-0.2, 0) is 0 Å². The zero-order valence-corrected chi connectivity index (χ0v) is 19.7. The van der Waals surface area contributed by atoms with Crippen LogP contribution in [-0.4, -0.2) is 16.2 Å². The number of hydrogen-bond donors (Lipinski definition) is 2. The standard InChI is InChI=1S/C25H29BrO3S/c1-2-3-4-8-22(27)17-9-11-19(12-10-17)24-18(13-15-21(24)26)6-5-7-20-14-16-23(30-20)25(28)29/h5,7,9-12,14,16,18,22,27H,2-4,6,8,13,15H2,1H3,(H,28,29)/t18-,22?/m0/s1. The van der Waals surface area contributed by atoms with Crippen molar-refractivity contribution in [2.75, 3.05) is 0 Å². The molecule has 0 radical (unpaired) electrons. The minimum absolute atomic E-state index is 0.371. The Labute approximate surface area is 191 Å². The molecule has 30 heavy (non-hydrogen) atoms. The summed E-state index contributed by atoms with van der Waals surface area (Å²) in [6.07, 6.45) is 11.1. The van der Waals surface area contributed by atoms with E-state index in [1.54, 1.807) is 6.07 Å². The highest BCUT2D eigenvalue weighted by atomic mass is 79.9. The van der Waals surface area contributed by atoms with E-state index >= 15 is 0 Å². The van der Waals surface area contributed by atoms with E-state index in [1.807, 2.05) is 12.1 Å². The van der Waals surface area contributed by atoms with Crippen molar-refractivity contribution in [2.45, 2.75) is 58.0 Å². The molecular formula is C25H29BrO3S. The maximum absolute atomic E-state index is 11.0. The number of rotatable bonds is 10. The van der Waals surface area contributed by atoms with Crippen molar-refractivity contribution in [2.24, 2.45) is 5.92 Å². The smallest absolute Gasteiger partial charge is 0.345 e. The van der Waals surface area contributed by atoms with Gasteiger partial charge in [-0.3, -0.25) is 0 Å². The average Bonchev–Trinajstić information content (AvgIpc) is 3.35. The third-order valence-corrected chi connectivity index (χ3v) is 7.50.